The fraction of sp³-hybridized carbons (Fsp3) is 0.462. The van der Waals surface area contributed by atoms with Crippen molar-refractivity contribution in [2.24, 2.45) is 0 Å². The van der Waals surface area contributed by atoms with Gasteiger partial charge in [-0.1, -0.05) is 31.0 Å². The van der Waals surface area contributed by atoms with Crippen LogP contribution in [0.15, 0.2) is 30.3 Å². The van der Waals surface area contributed by atoms with Crippen LogP contribution in [0.4, 0.5) is 0 Å². The molecule has 0 bridgehead atoms. The summed E-state index contributed by atoms with van der Waals surface area (Å²) in [5.74, 6) is -0.879. The molecule has 0 unspecified atom stereocenters. The molecule has 2 N–H and O–H groups in total. The summed E-state index contributed by atoms with van der Waals surface area (Å²) < 4.78 is 0. The van der Waals surface area contributed by atoms with Gasteiger partial charge in [-0.3, -0.25) is 0 Å². The lowest BCUT2D eigenvalue weighted by Crippen LogP contribution is -2.17. The Kier molecular flexibility index (Phi) is 4.50. The highest BCUT2D eigenvalue weighted by Gasteiger charge is 2.24. The van der Waals surface area contributed by atoms with E-state index in [2.05, 4.69) is 0 Å². The van der Waals surface area contributed by atoms with Gasteiger partial charge in [0.2, 0.25) is 0 Å². The summed E-state index contributed by atoms with van der Waals surface area (Å²) >= 11 is 0. The van der Waals surface area contributed by atoms with Crippen LogP contribution < -0.4 is 0 Å². The SMILES string of the molecule is CC1(O)CCCC1.O=C(O)c1ccccc1. The zero-order valence-corrected chi connectivity index (χ0v) is 9.52. The monoisotopic (exact) mass is 222 g/mol. The van der Waals surface area contributed by atoms with Gasteiger partial charge >= 0.3 is 5.97 Å². The van der Waals surface area contributed by atoms with Crippen molar-refractivity contribution in [3.8, 4) is 0 Å². The zero-order chi connectivity index (χ0) is 12.0. The van der Waals surface area contributed by atoms with Gasteiger partial charge in [0, 0.05) is 0 Å². The number of rotatable bonds is 1. The molecule has 1 aliphatic carbocycles. The van der Waals surface area contributed by atoms with Gasteiger partial charge in [0.25, 0.3) is 0 Å². The molecule has 1 aromatic carbocycles. The molecule has 1 aromatic rings. The highest BCUT2D eigenvalue weighted by atomic mass is 16.4. The number of benzene rings is 1. The van der Waals surface area contributed by atoms with E-state index in [0.717, 1.165) is 12.8 Å². The molecular formula is C13H18O3. The third-order valence-corrected chi connectivity index (χ3v) is 2.70. The molecule has 2 rings (SSSR count). The van der Waals surface area contributed by atoms with Gasteiger partial charge in [-0.15, -0.1) is 0 Å². The van der Waals surface area contributed by atoms with Crippen molar-refractivity contribution in [1.82, 2.24) is 0 Å². The van der Waals surface area contributed by atoms with E-state index in [1.807, 2.05) is 6.92 Å². The predicted octanol–water partition coefficient (Wildman–Crippen LogP) is 2.70. The van der Waals surface area contributed by atoms with Crippen molar-refractivity contribution < 1.29 is 15.0 Å². The highest BCUT2D eigenvalue weighted by molar-refractivity contribution is 5.87. The Morgan fingerprint density at radius 2 is 1.69 bits per heavy atom. The summed E-state index contributed by atoms with van der Waals surface area (Å²) in [4.78, 5) is 10.2. The molecule has 16 heavy (non-hydrogen) atoms. The smallest absolute Gasteiger partial charge is 0.335 e. The molecule has 0 saturated heterocycles. The molecule has 1 aliphatic rings. The van der Waals surface area contributed by atoms with Crippen LogP contribution in [-0.2, 0) is 0 Å². The van der Waals surface area contributed by atoms with Gasteiger partial charge in [0.15, 0.2) is 0 Å². The molecule has 0 atom stereocenters. The van der Waals surface area contributed by atoms with Crippen LogP contribution in [0.25, 0.3) is 0 Å². The minimum atomic E-state index is -0.879. The Bertz CT molecular complexity index is 322. The lowest BCUT2D eigenvalue weighted by molar-refractivity contribution is 0.0678. The van der Waals surface area contributed by atoms with Crippen molar-refractivity contribution >= 4 is 5.97 Å². The maximum absolute atomic E-state index is 10.2. The van der Waals surface area contributed by atoms with Crippen LogP contribution in [0, 0.1) is 0 Å². The van der Waals surface area contributed by atoms with E-state index in [1.165, 1.54) is 12.8 Å². The number of carboxylic acids is 1. The number of carbonyl (C=O) groups is 1. The van der Waals surface area contributed by atoms with Crippen LogP contribution in [0.2, 0.25) is 0 Å². The summed E-state index contributed by atoms with van der Waals surface area (Å²) in [6.07, 6.45) is 4.44. The second kappa shape index (κ2) is 5.66. The van der Waals surface area contributed by atoms with Gasteiger partial charge in [-0.2, -0.15) is 0 Å². The lowest BCUT2D eigenvalue weighted by atomic mass is 10.1. The normalized spacial score (nSPS) is 17.4. The lowest BCUT2D eigenvalue weighted by Gasteiger charge is -2.12. The summed E-state index contributed by atoms with van der Waals surface area (Å²) in [6.45, 7) is 1.92. The second-order valence-electron chi connectivity index (χ2n) is 4.38. The van der Waals surface area contributed by atoms with Crippen molar-refractivity contribution in [3.05, 3.63) is 35.9 Å². The van der Waals surface area contributed by atoms with E-state index >= 15 is 0 Å². The Balaban J connectivity index is 0.000000165. The van der Waals surface area contributed by atoms with Crippen LogP contribution >= 0.6 is 0 Å². The molecule has 0 aliphatic heterocycles. The molecule has 88 valence electrons. The minimum Gasteiger partial charge on any atom is -0.478 e. The van der Waals surface area contributed by atoms with E-state index in [9.17, 15) is 9.90 Å². The maximum atomic E-state index is 10.2. The average molecular weight is 222 g/mol. The summed E-state index contributed by atoms with van der Waals surface area (Å²) in [6, 6.07) is 8.30. The molecule has 3 nitrogen and oxygen atoms in total. The first-order valence-electron chi connectivity index (χ1n) is 5.52. The highest BCUT2D eigenvalue weighted by Crippen LogP contribution is 2.27. The van der Waals surface area contributed by atoms with Gasteiger partial charge in [-0.25, -0.2) is 4.79 Å². The fourth-order valence-corrected chi connectivity index (χ4v) is 1.72. The van der Waals surface area contributed by atoms with E-state index in [-0.39, 0.29) is 5.60 Å². The quantitative estimate of drug-likeness (QED) is 0.768. The van der Waals surface area contributed by atoms with Gasteiger partial charge in [0.1, 0.15) is 0 Å². The molecule has 1 saturated carbocycles. The molecule has 0 heterocycles. The Hall–Kier alpha value is -1.35. The number of aromatic carboxylic acids is 1. The van der Waals surface area contributed by atoms with E-state index in [4.69, 9.17) is 5.11 Å². The standard InChI is InChI=1S/C7H6O2.C6H12O/c8-7(9)6-4-2-1-3-5-6;1-6(7)4-2-3-5-6/h1-5H,(H,8,9);7H,2-5H2,1H3. The number of hydrogen-bond acceptors (Lipinski definition) is 2. The Morgan fingerprint density at radius 3 is 1.94 bits per heavy atom. The zero-order valence-electron chi connectivity index (χ0n) is 9.52. The predicted molar refractivity (Wildman–Crippen MR) is 62.5 cm³/mol. The van der Waals surface area contributed by atoms with Crippen molar-refractivity contribution in [2.45, 2.75) is 38.2 Å². The minimum absolute atomic E-state index is 0.306. The van der Waals surface area contributed by atoms with Crippen LogP contribution in [0.1, 0.15) is 43.0 Å². The molecule has 0 radical (unpaired) electrons. The van der Waals surface area contributed by atoms with E-state index in [0.29, 0.717) is 5.56 Å². The van der Waals surface area contributed by atoms with E-state index < -0.39 is 5.97 Å². The molecular weight excluding hydrogens is 204 g/mol. The van der Waals surface area contributed by atoms with Crippen LogP contribution in [-0.4, -0.2) is 21.8 Å². The summed E-state index contributed by atoms with van der Waals surface area (Å²) in [5.41, 5.74) is 0.0255. The first-order chi connectivity index (χ1) is 7.51. The fourth-order valence-electron chi connectivity index (χ4n) is 1.72. The largest absolute Gasteiger partial charge is 0.478 e. The van der Waals surface area contributed by atoms with Gasteiger partial charge < -0.3 is 10.2 Å². The first-order valence-corrected chi connectivity index (χ1v) is 5.52. The molecule has 0 amide bonds. The molecule has 3 heteroatoms. The molecule has 0 spiro atoms. The van der Waals surface area contributed by atoms with Gasteiger partial charge in [0.05, 0.1) is 11.2 Å². The molecule has 1 fully saturated rings. The first kappa shape index (κ1) is 12.7. The molecule has 0 aromatic heterocycles. The summed E-state index contributed by atoms with van der Waals surface area (Å²) in [5, 5.41) is 17.6. The Labute approximate surface area is 95.7 Å². The Morgan fingerprint density at radius 1 is 1.19 bits per heavy atom. The topological polar surface area (TPSA) is 57.5 Å². The van der Waals surface area contributed by atoms with Crippen molar-refractivity contribution in [1.29, 1.82) is 0 Å². The second-order valence-corrected chi connectivity index (χ2v) is 4.38. The third kappa shape index (κ3) is 4.45. The third-order valence-electron chi connectivity index (χ3n) is 2.70. The number of hydrogen-bond donors (Lipinski definition) is 2. The van der Waals surface area contributed by atoms with Crippen molar-refractivity contribution in [3.63, 3.8) is 0 Å². The number of aliphatic hydroxyl groups is 1. The van der Waals surface area contributed by atoms with E-state index in [1.54, 1.807) is 30.3 Å². The summed E-state index contributed by atoms with van der Waals surface area (Å²) in [7, 11) is 0. The average Bonchev–Trinajstić information content (AvgIpc) is 2.65. The maximum Gasteiger partial charge on any atom is 0.335 e. The van der Waals surface area contributed by atoms with Crippen molar-refractivity contribution in [2.75, 3.05) is 0 Å². The van der Waals surface area contributed by atoms with Crippen LogP contribution in [0.3, 0.4) is 0 Å². The van der Waals surface area contributed by atoms with Gasteiger partial charge in [-0.05, 0) is 31.9 Å². The number of carboxylic acid groups (broad SMARTS) is 1. The van der Waals surface area contributed by atoms with Crippen LogP contribution in [0.5, 0.6) is 0 Å².